The number of benzene rings is 2. The minimum atomic E-state index is -0.656. The Balaban J connectivity index is 1.94. The van der Waals surface area contributed by atoms with Crippen molar-refractivity contribution < 1.29 is 19.1 Å². The molecule has 2 aromatic carbocycles. The summed E-state index contributed by atoms with van der Waals surface area (Å²) in [5.74, 6) is -0.676. The van der Waals surface area contributed by atoms with E-state index in [2.05, 4.69) is 11.5 Å². The number of halogens is 1. The van der Waals surface area contributed by atoms with Gasteiger partial charge in [-0.25, -0.2) is 14.6 Å². The highest BCUT2D eigenvalue weighted by Crippen LogP contribution is 2.43. The Morgan fingerprint density at radius 3 is 2.00 bits per heavy atom. The monoisotopic (exact) mass is 521 g/mol. The van der Waals surface area contributed by atoms with E-state index in [9.17, 15) is 9.59 Å². The number of allylic oxidation sites excluding steroid dienone is 2. The molecule has 3 aromatic rings. The molecule has 2 heterocycles. The number of ether oxygens (including phenoxy) is 2. The van der Waals surface area contributed by atoms with E-state index in [1.165, 1.54) is 0 Å². The molecule has 0 spiro atoms. The minimum absolute atomic E-state index is 0.215. The molecule has 194 valence electrons. The van der Waals surface area contributed by atoms with E-state index in [1.807, 2.05) is 55.1 Å². The van der Waals surface area contributed by atoms with Crippen LogP contribution >= 0.6 is 11.6 Å². The number of esters is 2. The van der Waals surface area contributed by atoms with Crippen LogP contribution in [0.15, 0.2) is 71.1 Å². The van der Waals surface area contributed by atoms with Gasteiger partial charge >= 0.3 is 11.9 Å². The van der Waals surface area contributed by atoms with Crippen molar-refractivity contribution in [3.05, 3.63) is 87.5 Å². The van der Waals surface area contributed by atoms with E-state index in [1.54, 1.807) is 26.0 Å². The van der Waals surface area contributed by atoms with E-state index >= 15 is 0 Å². The molecular weight excluding hydrogens is 490 g/mol. The molecule has 0 amide bonds. The van der Waals surface area contributed by atoms with Crippen molar-refractivity contribution in [3.8, 4) is 0 Å². The lowest BCUT2D eigenvalue weighted by atomic mass is 9.80. The van der Waals surface area contributed by atoms with E-state index < -0.39 is 17.9 Å². The molecular formula is C29H32ClN3O4. The number of carbonyl (C=O) groups is 2. The third kappa shape index (κ3) is 5.01. The van der Waals surface area contributed by atoms with E-state index in [0.29, 0.717) is 34.2 Å². The maximum atomic E-state index is 13.4. The predicted octanol–water partition coefficient (Wildman–Crippen LogP) is 5.98. The highest BCUT2D eigenvalue weighted by atomic mass is 35.5. The maximum Gasteiger partial charge on any atom is 0.336 e. The standard InChI is InChI=1S/C29H32ClN3O4/c1-6-24-31-22-11-9-10-12-23(22)33(24)17-32-18(4)25(28(34)36-7-2)27(20-13-15-21(30)16-14-20)26(19(32)5)29(35)37-8-3/h9-16,27H,6-8,17H2,1-5H3. The molecule has 0 radical (unpaired) electrons. The number of aryl methyl sites for hydroxylation is 1. The molecule has 0 saturated carbocycles. The molecule has 0 atom stereocenters. The van der Waals surface area contributed by atoms with Crippen molar-refractivity contribution in [1.82, 2.24) is 14.5 Å². The van der Waals surface area contributed by atoms with E-state index in [0.717, 1.165) is 28.8 Å². The fraction of sp³-hybridized carbons (Fsp3) is 0.345. The number of hydrogen-bond acceptors (Lipinski definition) is 6. The van der Waals surface area contributed by atoms with Crippen LogP contribution in [-0.4, -0.2) is 39.6 Å². The highest BCUT2D eigenvalue weighted by Gasteiger charge is 2.40. The van der Waals surface area contributed by atoms with Gasteiger partial charge in [0.2, 0.25) is 0 Å². The summed E-state index contributed by atoms with van der Waals surface area (Å²) in [5, 5.41) is 0.567. The van der Waals surface area contributed by atoms with Crippen LogP contribution < -0.4 is 0 Å². The molecule has 1 aliphatic rings. The average Bonchev–Trinajstić information content (AvgIpc) is 3.24. The second-order valence-corrected chi connectivity index (χ2v) is 9.23. The SMILES string of the molecule is CCOC(=O)C1=C(C)N(Cn2c(CC)nc3ccccc32)C(C)=C(C(=O)OCC)C1c1ccc(Cl)cc1. The average molecular weight is 522 g/mol. The van der Waals surface area contributed by atoms with Crippen molar-refractivity contribution in [2.45, 2.75) is 53.6 Å². The summed E-state index contributed by atoms with van der Waals surface area (Å²) in [5.41, 5.74) is 4.87. The van der Waals surface area contributed by atoms with Crippen LogP contribution in [0.25, 0.3) is 11.0 Å². The van der Waals surface area contributed by atoms with Gasteiger partial charge in [0.15, 0.2) is 0 Å². The fourth-order valence-electron chi connectivity index (χ4n) is 4.95. The van der Waals surface area contributed by atoms with Gasteiger partial charge in [-0.05, 0) is 57.5 Å². The maximum absolute atomic E-state index is 13.4. The summed E-state index contributed by atoms with van der Waals surface area (Å²) in [6, 6.07) is 15.1. The van der Waals surface area contributed by atoms with E-state index in [-0.39, 0.29) is 13.2 Å². The Hall–Kier alpha value is -3.58. The van der Waals surface area contributed by atoms with Crippen LogP contribution in [0, 0.1) is 0 Å². The Kier molecular flexibility index (Phi) is 8.03. The second-order valence-electron chi connectivity index (χ2n) is 8.79. The first-order valence-corrected chi connectivity index (χ1v) is 12.9. The zero-order valence-electron chi connectivity index (χ0n) is 21.9. The summed E-state index contributed by atoms with van der Waals surface area (Å²) >= 11 is 6.16. The topological polar surface area (TPSA) is 73.7 Å². The molecule has 0 aliphatic carbocycles. The lowest BCUT2D eigenvalue weighted by Gasteiger charge is -2.38. The largest absolute Gasteiger partial charge is 0.463 e. The number of aromatic nitrogens is 2. The molecule has 0 unspecified atom stereocenters. The van der Waals surface area contributed by atoms with Crippen LogP contribution in [0.2, 0.25) is 5.02 Å². The van der Waals surface area contributed by atoms with Gasteiger partial charge < -0.3 is 18.9 Å². The van der Waals surface area contributed by atoms with Crippen molar-refractivity contribution in [1.29, 1.82) is 0 Å². The number of nitrogens with zero attached hydrogens (tertiary/aromatic N) is 3. The summed E-state index contributed by atoms with van der Waals surface area (Å²) < 4.78 is 13.1. The Morgan fingerprint density at radius 1 is 0.892 bits per heavy atom. The van der Waals surface area contributed by atoms with Crippen LogP contribution in [0.4, 0.5) is 0 Å². The molecule has 0 N–H and O–H groups in total. The van der Waals surface area contributed by atoms with Crippen LogP contribution in [0.3, 0.4) is 0 Å². The number of carbonyl (C=O) groups excluding carboxylic acids is 2. The number of rotatable bonds is 8. The lowest BCUT2D eigenvalue weighted by molar-refractivity contribution is -0.139. The third-order valence-corrected chi connectivity index (χ3v) is 6.95. The molecule has 0 saturated heterocycles. The minimum Gasteiger partial charge on any atom is -0.463 e. The van der Waals surface area contributed by atoms with Gasteiger partial charge in [0.25, 0.3) is 0 Å². The highest BCUT2D eigenvalue weighted by molar-refractivity contribution is 6.30. The third-order valence-electron chi connectivity index (χ3n) is 6.69. The Labute approximate surface area is 222 Å². The molecule has 4 rings (SSSR count). The summed E-state index contributed by atoms with van der Waals surface area (Å²) in [6.45, 7) is 10.2. The van der Waals surface area contributed by atoms with Gasteiger partial charge in [-0.1, -0.05) is 42.8 Å². The lowest BCUT2D eigenvalue weighted by Crippen LogP contribution is -2.36. The molecule has 37 heavy (non-hydrogen) atoms. The van der Waals surface area contributed by atoms with Gasteiger partial charge in [-0.15, -0.1) is 0 Å². The van der Waals surface area contributed by atoms with Crippen molar-refractivity contribution in [3.63, 3.8) is 0 Å². The molecule has 8 heteroatoms. The van der Waals surface area contributed by atoms with Crippen LogP contribution in [-0.2, 0) is 32.2 Å². The smallest absolute Gasteiger partial charge is 0.336 e. The molecule has 1 aliphatic heterocycles. The van der Waals surface area contributed by atoms with Gasteiger partial charge in [-0.2, -0.15) is 0 Å². The van der Waals surface area contributed by atoms with Gasteiger partial charge in [0.1, 0.15) is 12.5 Å². The Bertz CT molecular complexity index is 1350. The zero-order valence-corrected chi connectivity index (χ0v) is 22.6. The number of hydrogen-bond donors (Lipinski definition) is 0. The molecule has 1 aromatic heterocycles. The molecule has 0 bridgehead atoms. The number of fused-ring (bicyclic) bond motifs is 1. The normalized spacial score (nSPS) is 14.5. The summed E-state index contributed by atoms with van der Waals surface area (Å²) in [7, 11) is 0. The van der Waals surface area contributed by atoms with Crippen molar-refractivity contribution in [2.24, 2.45) is 0 Å². The molecule has 7 nitrogen and oxygen atoms in total. The van der Waals surface area contributed by atoms with Crippen LogP contribution in [0.5, 0.6) is 0 Å². The van der Waals surface area contributed by atoms with Crippen molar-refractivity contribution in [2.75, 3.05) is 13.2 Å². The summed E-state index contributed by atoms with van der Waals surface area (Å²) in [6.07, 6.45) is 0.733. The first-order chi connectivity index (χ1) is 17.8. The van der Waals surface area contributed by atoms with Crippen LogP contribution in [0.1, 0.15) is 51.9 Å². The Morgan fingerprint density at radius 2 is 1.46 bits per heavy atom. The van der Waals surface area contributed by atoms with Gasteiger partial charge in [0, 0.05) is 22.8 Å². The van der Waals surface area contributed by atoms with Crippen molar-refractivity contribution >= 4 is 34.6 Å². The fourth-order valence-corrected chi connectivity index (χ4v) is 5.07. The zero-order chi connectivity index (χ0) is 26.7. The van der Waals surface area contributed by atoms with Gasteiger partial charge in [-0.3, -0.25) is 0 Å². The second kappa shape index (κ2) is 11.2. The molecule has 0 fully saturated rings. The quantitative estimate of drug-likeness (QED) is 0.339. The van der Waals surface area contributed by atoms with E-state index in [4.69, 9.17) is 26.1 Å². The van der Waals surface area contributed by atoms with Gasteiger partial charge in [0.05, 0.1) is 41.3 Å². The first-order valence-electron chi connectivity index (χ1n) is 12.5. The number of imidazole rings is 1. The number of para-hydroxylation sites is 2. The predicted molar refractivity (Wildman–Crippen MR) is 144 cm³/mol. The summed E-state index contributed by atoms with van der Waals surface area (Å²) in [4.78, 5) is 33.7. The first kappa shape index (κ1) is 26.5.